The van der Waals surface area contributed by atoms with Crippen molar-refractivity contribution in [2.24, 2.45) is 0 Å². The third-order valence-electron chi connectivity index (χ3n) is 3.21. The van der Waals surface area contributed by atoms with E-state index in [0.717, 1.165) is 16.7 Å². The van der Waals surface area contributed by atoms with E-state index in [1.165, 1.54) is 0 Å². The highest BCUT2D eigenvalue weighted by Gasteiger charge is 2.12. The van der Waals surface area contributed by atoms with Crippen molar-refractivity contribution in [2.45, 2.75) is 19.6 Å². The molecule has 0 amide bonds. The van der Waals surface area contributed by atoms with Crippen LogP contribution in [-0.4, -0.2) is 15.7 Å². The molecule has 1 unspecified atom stereocenters. The van der Waals surface area contributed by atoms with Gasteiger partial charge in [-0.15, -0.1) is 0 Å². The van der Waals surface area contributed by atoms with Crippen LogP contribution in [-0.2, 0) is 16.6 Å². The summed E-state index contributed by atoms with van der Waals surface area (Å²) in [6.45, 7) is 3.94. The average Bonchev–Trinajstić information content (AvgIpc) is 2.41. The van der Waals surface area contributed by atoms with Gasteiger partial charge in [0.15, 0.2) is 5.78 Å². The van der Waals surface area contributed by atoms with Crippen LogP contribution < -0.4 is 0 Å². The summed E-state index contributed by atoms with van der Waals surface area (Å²) >= 11 is 0. The molecule has 0 heterocycles. The minimum Gasteiger partial charge on any atom is -0.293 e. The third-order valence-corrected chi connectivity index (χ3v) is 4.43. The largest absolute Gasteiger partial charge is 0.293 e. The Morgan fingerprint density at radius 1 is 1.05 bits per heavy atom. The Hall–Kier alpha value is -1.74. The molecule has 104 valence electrons. The fraction of sp³-hybridized carbons (Fsp3) is 0.235. The SMILES string of the molecule is Cc1cccc(C(=O)CS(=O)Cc2ccccc2C)c1. The van der Waals surface area contributed by atoms with Crippen molar-refractivity contribution in [1.29, 1.82) is 0 Å². The number of carbonyl (C=O) groups excluding carboxylic acids is 1. The van der Waals surface area contributed by atoms with Gasteiger partial charge >= 0.3 is 0 Å². The van der Waals surface area contributed by atoms with E-state index in [1.54, 1.807) is 6.07 Å². The van der Waals surface area contributed by atoms with Gasteiger partial charge in [0.1, 0.15) is 0 Å². The topological polar surface area (TPSA) is 34.1 Å². The van der Waals surface area contributed by atoms with E-state index in [0.29, 0.717) is 11.3 Å². The van der Waals surface area contributed by atoms with Gasteiger partial charge in [-0.25, -0.2) is 0 Å². The van der Waals surface area contributed by atoms with Crippen LogP contribution in [0.4, 0.5) is 0 Å². The lowest BCUT2D eigenvalue weighted by Gasteiger charge is -2.06. The third kappa shape index (κ3) is 3.87. The number of carbonyl (C=O) groups is 1. The second-order valence-electron chi connectivity index (χ2n) is 4.95. The van der Waals surface area contributed by atoms with Crippen molar-refractivity contribution >= 4 is 16.6 Å². The van der Waals surface area contributed by atoms with Crippen LogP contribution in [0.5, 0.6) is 0 Å². The molecule has 0 bridgehead atoms. The van der Waals surface area contributed by atoms with Gasteiger partial charge in [0.05, 0.1) is 5.75 Å². The van der Waals surface area contributed by atoms with Crippen LogP contribution in [0.15, 0.2) is 48.5 Å². The molecule has 1 atom stereocenters. The molecule has 0 aliphatic heterocycles. The molecule has 0 saturated heterocycles. The Bertz CT molecular complexity index is 647. The number of benzene rings is 2. The van der Waals surface area contributed by atoms with Gasteiger partial charge in [-0.2, -0.15) is 0 Å². The van der Waals surface area contributed by atoms with Crippen molar-refractivity contribution in [3.8, 4) is 0 Å². The lowest BCUT2D eigenvalue weighted by molar-refractivity contribution is 0.102. The fourth-order valence-electron chi connectivity index (χ4n) is 2.04. The maximum Gasteiger partial charge on any atom is 0.175 e. The molecule has 0 aliphatic rings. The van der Waals surface area contributed by atoms with Crippen LogP contribution in [0.2, 0.25) is 0 Å². The summed E-state index contributed by atoms with van der Waals surface area (Å²) < 4.78 is 12.1. The Morgan fingerprint density at radius 2 is 1.80 bits per heavy atom. The first kappa shape index (κ1) is 14.7. The fourth-order valence-corrected chi connectivity index (χ4v) is 3.28. The van der Waals surface area contributed by atoms with Gasteiger partial charge in [-0.3, -0.25) is 9.00 Å². The Labute approximate surface area is 122 Å². The van der Waals surface area contributed by atoms with E-state index >= 15 is 0 Å². The van der Waals surface area contributed by atoms with Gasteiger partial charge in [0.25, 0.3) is 0 Å². The zero-order chi connectivity index (χ0) is 14.5. The molecular formula is C17H18O2S. The summed E-state index contributed by atoms with van der Waals surface area (Å²) in [5, 5.41) is 0. The number of hydrogen-bond donors (Lipinski definition) is 0. The minimum atomic E-state index is -1.17. The van der Waals surface area contributed by atoms with Crippen LogP contribution in [0, 0.1) is 13.8 Å². The summed E-state index contributed by atoms with van der Waals surface area (Å²) in [7, 11) is -1.17. The van der Waals surface area contributed by atoms with Crippen molar-refractivity contribution in [2.75, 3.05) is 5.75 Å². The quantitative estimate of drug-likeness (QED) is 0.789. The molecule has 2 aromatic carbocycles. The Kier molecular flexibility index (Phi) is 4.85. The summed E-state index contributed by atoms with van der Waals surface area (Å²) in [6.07, 6.45) is 0. The maximum absolute atomic E-state index is 12.1. The molecule has 20 heavy (non-hydrogen) atoms. The summed E-state index contributed by atoms with van der Waals surface area (Å²) in [4.78, 5) is 12.1. The number of rotatable bonds is 5. The molecule has 0 N–H and O–H groups in total. The average molecular weight is 286 g/mol. The molecular weight excluding hydrogens is 268 g/mol. The molecule has 0 aliphatic carbocycles. The summed E-state index contributed by atoms with van der Waals surface area (Å²) in [5.74, 6) is 0.461. The van der Waals surface area contributed by atoms with Crippen molar-refractivity contribution < 1.29 is 9.00 Å². The summed E-state index contributed by atoms with van der Waals surface area (Å²) in [6, 6.07) is 15.3. The Morgan fingerprint density at radius 3 is 2.50 bits per heavy atom. The molecule has 0 spiro atoms. The van der Waals surface area contributed by atoms with E-state index in [1.807, 2.05) is 56.3 Å². The van der Waals surface area contributed by atoms with E-state index in [-0.39, 0.29) is 11.5 Å². The first-order chi connectivity index (χ1) is 9.56. The van der Waals surface area contributed by atoms with Crippen LogP contribution >= 0.6 is 0 Å². The van der Waals surface area contributed by atoms with Gasteiger partial charge in [-0.1, -0.05) is 48.0 Å². The normalized spacial score (nSPS) is 12.1. The van der Waals surface area contributed by atoms with Crippen LogP contribution in [0.25, 0.3) is 0 Å². The van der Waals surface area contributed by atoms with E-state index in [9.17, 15) is 9.00 Å². The highest BCUT2D eigenvalue weighted by molar-refractivity contribution is 7.85. The lowest BCUT2D eigenvalue weighted by Crippen LogP contribution is -2.13. The van der Waals surface area contributed by atoms with E-state index < -0.39 is 10.8 Å². The number of aryl methyl sites for hydroxylation is 2. The monoisotopic (exact) mass is 286 g/mol. The smallest absolute Gasteiger partial charge is 0.175 e. The maximum atomic E-state index is 12.1. The molecule has 0 aromatic heterocycles. The number of hydrogen-bond acceptors (Lipinski definition) is 2. The molecule has 0 fully saturated rings. The van der Waals surface area contributed by atoms with Gasteiger partial charge in [0.2, 0.25) is 0 Å². The van der Waals surface area contributed by atoms with Crippen LogP contribution in [0.1, 0.15) is 27.0 Å². The first-order valence-electron chi connectivity index (χ1n) is 6.55. The van der Waals surface area contributed by atoms with Gasteiger partial charge in [0, 0.05) is 22.1 Å². The second kappa shape index (κ2) is 6.62. The number of ketones is 1. The lowest BCUT2D eigenvalue weighted by atomic mass is 10.1. The minimum absolute atomic E-state index is 0.0550. The molecule has 3 heteroatoms. The van der Waals surface area contributed by atoms with Crippen LogP contribution in [0.3, 0.4) is 0 Å². The highest BCUT2D eigenvalue weighted by Crippen LogP contribution is 2.11. The molecule has 0 radical (unpaired) electrons. The molecule has 2 nitrogen and oxygen atoms in total. The second-order valence-corrected chi connectivity index (χ2v) is 6.40. The zero-order valence-electron chi connectivity index (χ0n) is 11.8. The van der Waals surface area contributed by atoms with Gasteiger partial charge < -0.3 is 0 Å². The standard InChI is InChI=1S/C17H18O2S/c1-13-6-5-9-15(10-13)17(18)12-20(19)11-16-8-4-3-7-14(16)2/h3-10H,11-12H2,1-2H3. The van der Waals surface area contributed by atoms with Gasteiger partial charge in [-0.05, 0) is 31.0 Å². The van der Waals surface area contributed by atoms with E-state index in [2.05, 4.69) is 0 Å². The van der Waals surface area contributed by atoms with Crippen molar-refractivity contribution in [3.63, 3.8) is 0 Å². The predicted octanol–water partition coefficient (Wildman–Crippen LogP) is 3.44. The predicted molar refractivity (Wildman–Crippen MR) is 83.4 cm³/mol. The van der Waals surface area contributed by atoms with Crippen molar-refractivity contribution in [1.82, 2.24) is 0 Å². The van der Waals surface area contributed by atoms with E-state index in [4.69, 9.17) is 0 Å². The number of Topliss-reactive ketones (excluding diaryl/α,β-unsaturated/α-hetero) is 1. The molecule has 2 rings (SSSR count). The zero-order valence-corrected chi connectivity index (χ0v) is 12.6. The highest BCUT2D eigenvalue weighted by atomic mass is 32.2. The Balaban J connectivity index is 2.02. The van der Waals surface area contributed by atoms with Crippen molar-refractivity contribution in [3.05, 3.63) is 70.8 Å². The molecule has 2 aromatic rings. The molecule has 0 saturated carbocycles. The summed E-state index contributed by atoms with van der Waals surface area (Å²) in [5.41, 5.74) is 3.84. The first-order valence-corrected chi connectivity index (χ1v) is 8.04.